The van der Waals surface area contributed by atoms with Crippen LogP contribution in [-0.2, 0) is 16.0 Å². The Morgan fingerprint density at radius 2 is 2.03 bits per heavy atom. The molecule has 4 aromatic rings. The van der Waals surface area contributed by atoms with Crippen molar-refractivity contribution in [2.75, 3.05) is 11.5 Å². The van der Waals surface area contributed by atoms with Crippen LogP contribution in [0.3, 0.4) is 0 Å². The topological polar surface area (TPSA) is 89.0 Å². The van der Waals surface area contributed by atoms with Crippen LogP contribution in [0.1, 0.15) is 36.6 Å². The summed E-state index contributed by atoms with van der Waals surface area (Å²) in [5, 5.41) is 11.7. The smallest absolute Gasteiger partial charge is 0.301 e. The van der Waals surface area contributed by atoms with E-state index in [-0.39, 0.29) is 22.6 Å². The third kappa shape index (κ3) is 3.99. The van der Waals surface area contributed by atoms with Crippen LogP contribution in [-0.4, -0.2) is 34.5 Å². The van der Waals surface area contributed by atoms with Crippen molar-refractivity contribution < 1.29 is 28.6 Å². The zero-order valence-corrected chi connectivity index (χ0v) is 21.4. The van der Waals surface area contributed by atoms with Gasteiger partial charge in [-0.1, -0.05) is 23.5 Å². The minimum Gasteiger partial charge on any atom is -0.507 e. The molecule has 192 valence electrons. The lowest BCUT2D eigenvalue weighted by Crippen LogP contribution is -2.29. The SMILES string of the molecule is CCOc1cccc([C@H]2C(=C(O)c3ccc4c(c3)C[C@@H](C)O4)C(=O)C(=O)N2c2nc3ccc(F)cc3s2)c1. The number of benzene rings is 3. The summed E-state index contributed by atoms with van der Waals surface area (Å²) in [5.41, 5.74) is 2.35. The molecular formula is C29H23FN2O5S. The van der Waals surface area contributed by atoms with E-state index in [2.05, 4.69) is 4.98 Å². The highest BCUT2D eigenvalue weighted by Crippen LogP contribution is 2.45. The molecule has 3 heterocycles. The second-order valence-electron chi connectivity index (χ2n) is 9.24. The maximum absolute atomic E-state index is 13.9. The Morgan fingerprint density at radius 3 is 2.84 bits per heavy atom. The second kappa shape index (κ2) is 9.25. The standard InChI is InChI=1S/C29H23FN2O5S/c1-3-36-20-6-4-5-16(13-20)25-24(26(33)17-7-10-22-18(12-17)11-15(2)37-22)27(34)28(35)32(25)29-31-21-9-8-19(30)14-23(21)38-29/h4-10,12-15,25,33H,3,11H2,1-2H3/t15-,25+/m1/s1. The fourth-order valence-corrected chi connectivity index (χ4v) is 6.02. The summed E-state index contributed by atoms with van der Waals surface area (Å²) in [5.74, 6) is -1.07. The lowest BCUT2D eigenvalue weighted by atomic mass is 9.94. The number of nitrogens with zero attached hydrogens (tertiary/aromatic N) is 2. The van der Waals surface area contributed by atoms with Crippen LogP contribution < -0.4 is 14.4 Å². The highest BCUT2D eigenvalue weighted by molar-refractivity contribution is 7.22. The average Bonchev–Trinajstić information content (AvgIpc) is 3.56. The van der Waals surface area contributed by atoms with E-state index >= 15 is 0 Å². The molecule has 2 atom stereocenters. The van der Waals surface area contributed by atoms with E-state index in [1.807, 2.05) is 13.8 Å². The highest BCUT2D eigenvalue weighted by atomic mass is 32.1. The molecule has 1 saturated heterocycles. The van der Waals surface area contributed by atoms with E-state index in [1.165, 1.54) is 23.1 Å². The van der Waals surface area contributed by atoms with Crippen molar-refractivity contribution in [3.63, 3.8) is 0 Å². The van der Waals surface area contributed by atoms with Gasteiger partial charge in [0.25, 0.3) is 5.78 Å². The van der Waals surface area contributed by atoms with Gasteiger partial charge in [0.05, 0.1) is 28.4 Å². The number of ketones is 1. The molecule has 2 aliphatic rings. The molecular weight excluding hydrogens is 507 g/mol. The van der Waals surface area contributed by atoms with Crippen molar-refractivity contribution >= 4 is 44.1 Å². The van der Waals surface area contributed by atoms with Crippen molar-refractivity contribution in [2.45, 2.75) is 32.4 Å². The molecule has 3 aromatic carbocycles. The molecule has 6 rings (SSSR count). The van der Waals surface area contributed by atoms with Crippen LogP contribution in [0.2, 0.25) is 0 Å². The number of hydrogen-bond donors (Lipinski definition) is 1. The fraction of sp³-hybridized carbons (Fsp3) is 0.207. The molecule has 0 unspecified atom stereocenters. The molecule has 0 aliphatic carbocycles. The van der Waals surface area contributed by atoms with E-state index in [1.54, 1.807) is 42.5 Å². The fourth-order valence-electron chi connectivity index (χ4n) is 5.00. The number of Topliss-reactive ketones (excluding diaryl/α,β-unsaturated/α-hetero) is 1. The first-order valence-corrected chi connectivity index (χ1v) is 13.1. The van der Waals surface area contributed by atoms with E-state index in [0.717, 1.165) is 22.6 Å². The number of aromatic nitrogens is 1. The third-order valence-corrected chi connectivity index (χ3v) is 7.66. The van der Waals surface area contributed by atoms with Crippen molar-refractivity contribution in [3.05, 3.63) is 88.7 Å². The maximum atomic E-state index is 13.9. The van der Waals surface area contributed by atoms with Crippen molar-refractivity contribution in [1.82, 2.24) is 4.98 Å². The number of fused-ring (bicyclic) bond motifs is 2. The number of anilines is 1. The summed E-state index contributed by atoms with van der Waals surface area (Å²) >= 11 is 1.10. The van der Waals surface area contributed by atoms with Gasteiger partial charge in [0.2, 0.25) is 0 Å². The molecule has 0 saturated carbocycles. The number of hydrogen-bond acceptors (Lipinski definition) is 7. The van der Waals surface area contributed by atoms with Crippen LogP contribution in [0.5, 0.6) is 11.5 Å². The summed E-state index contributed by atoms with van der Waals surface area (Å²) in [6, 6.07) is 15.5. The predicted octanol–water partition coefficient (Wildman–Crippen LogP) is 5.78. The minimum atomic E-state index is -0.968. The lowest BCUT2D eigenvalue weighted by molar-refractivity contribution is -0.132. The van der Waals surface area contributed by atoms with E-state index in [0.29, 0.717) is 40.1 Å². The van der Waals surface area contributed by atoms with Gasteiger partial charge in [-0.3, -0.25) is 14.5 Å². The molecule has 1 fully saturated rings. The van der Waals surface area contributed by atoms with Gasteiger partial charge >= 0.3 is 5.91 Å². The number of carbonyl (C=O) groups excluding carboxylic acids is 2. The predicted molar refractivity (Wildman–Crippen MR) is 142 cm³/mol. The van der Waals surface area contributed by atoms with Gasteiger partial charge in [0.15, 0.2) is 5.13 Å². The Labute approximate surface area is 221 Å². The zero-order valence-electron chi connectivity index (χ0n) is 20.6. The lowest BCUT2D eigenvalue weighted by Gasteiger charge is -2.23. The second-order valence-corrected chi connectivity index (χ2v) is 10.2. The number of aliphatic hydroxyl groups excluding tert-OH is 1. The summed E-state index contributed by atoms with van der Waals surface area (Å²) in [7, 11) is 0. The van der Waals surface area contributed by atoms with Crippen LogP contribution in [0.15, 0.2) is 66.2 Å². The van der Waals surface area contributed by atoms with E-state index in [4.69, 9.17) is 9.47 Å². The van der Waals surface area contributed by atoms with Crippen LogP contribution >= 0.6 is 11.3 Å². The normalized spacial score (nSPS) is 20.1. The first-order valence-electron chi connectivity index (χ1n) is 12.2. The Bertz CT molecular complexity index is 1650. The molecule has 1 N–H and O–H groups in total. The number of thiazole rings is 1. The zero-order chi connectivity index (χ0) is 26.6. The van der Waals surface area contributed by atoms with Crippen molar-refractivity contribution in [1.29, 1.82) is 0 Å². The van der Waals surface area contributed by atoms with Gasteiger partial charge in [-0.15, -0.1) is 0 Å². The van der Waals surface area contributed by atoms with Crippen LogP contribution in [0, 0.1) is 5.82 Å². The van der Waals surface area contributed by atoms with Gasteiger partial charge in [-0.25, -0.2) is 9.37 Å². The summed E-state index contributed by atoms with van der Waals surface area (Å²) in [4.78, 5) is 32.8. The quantitative estimate of drug-likeness (QED) is 0.200. The molecule has 38 heavy (non-hydrogen) atoms. The van der Waals surface area contributed by atoms with Crippen molar-refractivity contribution in [2.24, 2.45) is 0 Å². The molecule has 0 spiro atoms. The third-order valence-electron chi connectivity index (χ3n) is 6.64. The largest absolute Gasteiger partial charge is 0.507 e. The maximum Gasteiger partial charge on any atom is 0.301 e. The van der Waals surface area contributed by atoms with Crippen LogP contribution in [0.4, 0.5) is 9.52 Å². The molecule has 9 heteroatoms. The molecule has 0 radical (unpaired) electrons. The van der Waals surface area contributed by atoms with Gasteiger partial charge in [0, 0.05) is 12.0 Å². The van der Waals surface area contributed by atoms with Crippen LogP contribution in [0.25, 0.3) is 16.0 Å². The van der Waals surface area contributed by atoms with Gasteiger partial charge in [0.1, 0.15) is 29.2 Å². The summed E-state index contributed by atoms with van der Waals surface area (Å²) < 4.78 is 25.9. The first-order chi connectivity index (χ1) is 18.3. The molecule has 2 aliphatic heterocycles. The van der Waals surface area contributed by atoms with Crippen molar-refractivity contribution in [3.8, 4) is 11.5 Å². The number of rotatable bonds is 5. The van der Waals surface area contributed by atoms with Gasteiger partial charge < -0.3 is 14.6 Å². The first kappa shape index (κ1) is 24.1. The number of ether oxygens (including phenoxy) is 2. The minimum absolute atomic E-state index is 0.0122. The summed E-state index contributed by atoms with van der Waals surface area (Å²) in [6.45, 7) is 4.25. The Morgan fingerprint density at radius 1 is 1.18 bits per heavy atom. The van der Waals surface area contributed by atoms with E-state index < -0.39 is 23.5 Å². The number of halogens is 1. The molecule has 1 aromatic heterocycles. The van der Waals surface area contributed by atoms with Gasteiger partial charge in [-0.2, -0.15) is 0 Å². The summed E-state index contributed by atoms with van der Waals surface area (Å²) in [6.07, 6.45) is 0.686. The average molecular weight is 531 g/mol. The molecule has 1 amide bonds. The molecule has 7 nitrogen and oxygen atoms in total. The Kier molecular flexibility index (Phi) is 5.87. The number of amides is 1. The Balaban J connectivity index is 1.54. The number of aliphatic hydroxyl groups is 1. The van der Waals surface area contributed by atoms with E-state index in [9.17, 15) is 19.1 Å². The Hall–Kier alpha value is -4.24. The van der Waals surface area contributed by atoms with Gasteiger partial charge in [-0.05, 0) is 73.5 Å². The number of carbonyl (C=O) groups is 2. The molecule has 0 bridgehead atoms. The monoisotopic (exact) mass is 530 g/mol. The highest BCUT2D eigenvalue weighted by Gasteiger charge is 2.48.